The summed E-state index contributed by atoms with van der Waals surface area (Å²) in [4.78, 5) is 24.3. The van der Waals surface area contributed by atoms with E-state index in [0.717, 1.165) is 16.8 Å². The number of aryl methyl sites for hydroxylation is 1. The highest BCUT2D eigenvalue weighted by Gasteiger charge is 2.20. The van der Waals surface area contributed by atoms with Crippen molar-refractivity contribution in [2.45, 2.75) is 6.92 Å². The first-order valence-electron chi connectivity index (χ1n) is 9.39. The number of nitrogens with zero attached hydrogens (tertiary/aromatic N) is 3. The van der Waals surface area contributed by atoms with Crippen molar-refractivity contribution in [1.82, 2.24) is 14.3 Å². The topological polar surface area (TPSA) is 78.2 Å². The van der Waals surface area contributed by atoms with Crippen LogP contribution in [0.25, 0.3) is 16.9 Å². The van der Waals surface area contributed by atoms with Gasteiger partial charge in [0.2, 0.25) is 5.56 Å². The van der Waals surface area contributed by atoms with Gasteiger partial charge < -0.3 is 9.30 Å². The van der Waals surface area contributed by atoms with E-state index in [2.05, 4.69) is 5.32 Å². The third-order valence-corrected chi connectivity index (χ3v) is 4.66. The van der Waals surface area contributed by atoms with E-state index < -0.39 is 6.09 Å². The number of aromatic nitrogens is 3. The number of rotatable bonds is 4. The maximum atomic E-state index is 12.5. The number of pyridine rings is 1. The number of benzene rings is 2. The zero-order chi connectivity index (χ0) is 21.1. The van der Waals surface area contributed by atoms with E-state index in [4.69, 9.17) is 9.84 Å². The number of carbonyl (C=O) groups excluding carboxylic acids is 1. The lowest BCUT2D eigenvalue weighted by Crippen LogP contribution is -2.19. The Morgan fingerprint density at radius 1 is 0.967 bits per heavy atom. The van der Waals surface area contributed by atoms with Crippen LogP contribution in [0.4, 0.5) is 10.6 Å². The summed E-state index contributed by atoms with van der Waals surface area (Å²) in [5.74, 6) is 0.933. The van der Waals surface area contributed by atoms with Crippen LogP contribution in [0.2, 0.25) is 0 Å². The van der Waals surface area contributed by atoms with Crippen molar-refractivity contribution in [3.05, 3.63) is 94.9 Å². The van der Waals surface area contributed by atoms with E-state index in [9.17, 15) is 9.59 Å². The Labute approximate surface area is 173 Å². The van der Waals surface area contributed by atoms with Gasteiger partial charge in [0, 0.05) is 30.4 Å². The Morgan fingerprint density at radius 3 is 2.30 bits per heavy atom. The molecule has 4 aromatic rings. The average molecular weight is 400 g/mol. The number of carbonyl (C=O) groups is 1. The number of ether oxygens (including phenoxy) is 1. The minimum absolute atomic E-state index is 0.108. The molecule has 0 aliphatic rings. The van der Waals surface area contributed by atoms with Crippen molar-refractivity contribution in [1.29, 1.82) is 0 Å². The van der Waals surface area contributed by atoms with Gasteiger partial charge in [-0.15, -0.1) is 0 Å². The molecule has 150 valence electrons. The fraction of sp³-hybridized carbons (Fsp3) is 0.0870. The molecule has 0 aliphatic heterocycles. The molecule has 0 radical (unpaired) electrons. The third kappa shape index (κ3) is 3.86. The number of para-hydroxylation sites is 2. The largest absolute Gasteiger partial charge is 0.418 e. The van der Waals surface area contributed by atoms with Gasteiger partial charge >= 0.3 is 6.09 Å². The van der Waals surface area contributed by atoms with Gasteiger partial charge in [0.05, 0.1) is 11.4 Å². The second-order valence-corrected chi connectivity index (χ2v) is 6.76. The number of hydrogen-bond donors (Lipinski definition) is 1. The molecule has 7 nitrogen and oxygen atoms in total. The summed E-state index contributed by atoms with van der Waals surface area (Å²) in [6.45, 7) is 1.87. The number of hydrogen-bond acceptors (Lipinski definition) is 4. The molecule has 0 aliphatic carbocycles. The summed E-state index contributed by atoms with van der Waals surface area (Å²) < 4.78 is 8.53. The zero-order valence-electron chi connectivity index (χ0n) is 16.6. The number of anilines is 1. The van der Waals surface area contributed by atoms with E-state index in [1.807, 2.05) is 43.3 Å². The minimum Gasteiger partial charge on any atom is -0.410 e. The van der Waals surface area contributed by atoms with Crippen molar-refractivity contribution in [2.24, 2.45) is 7.05 Å². The van der Waals surface area contributed by atoms with Gasteiger partial charge in [-0.3, -0.25) is 10.1 Å². The third-order valence-electron chi connectivity index (χ3n) is 4.66. The first-order chi connectivity index (χ1) is 14.5. The van der Waals surface area contributed by atoms with E-state index in [0.29, 0.717) is 17.3 Å². The van der Waals surface area contributed by atoms with Gasteiger partial charge in [-0.25, -0.2) is 9.48 Å². The Bertz CT molecular complexity index is 1240. The van der Waals surface area contributed by atoms with Crippen molar-refractivity contribution < 1.29 is 9.53 Å². The average Bonchev–Trinajstić information content (AvgIpc) is 3.07. The molecule has 0 saturated heterocycles. The minimum atomic E-state index is -0.617. The summed E-state index contributed by atoms with van der Waals surface area (Å²) in [7, 11) is 1.69. The molecule has 0 fully saturated rings. The molecule has 0 spiro atoms. The maximum absolute atomic E-state index is 12.5. The number of nitrogens with one attached hydrogen (secondary N) is 1. The van der Waals surface area contributed by atoms with Gasteiger partial charge in [0.1, 0.15) is 11.6 Å². The van der Waals surface area contributed by atoms with Crippen LogP contribution < -0.4 is 15.6 Å². The van der Waals surface area contributed by atoms with Gasteiger partial charge in [0.15, 0.2) is 0 Å². The molecule has 0 saturated carbocycles. The molecule has 1 amide bonds. The summed E-state index contributed by atoms with van der Waals surface area (Å²) >= 11 is 0. The summed E-state index contributed by atoms with van der Waals surface area (Å²) in [5, 5.41) is 7.52. The van der Waals surface area contributed by atoms with Crippen LogP contribution in [0, 0.1) is 6.92 Å². The quantitative estimate of drug-likeness (QED) is 0.558. The molecule has 2 heterocycles. The van der Waals surface area contributed by atoms with Crippen molar-refractivity contribution in [3.63, 3.8) is 0 Å². The first-order valence-corrected chi connectivity index (χ1v) is 9.39. The fourth-order valence-electron chi connectivity index (χ4n) is 3.12. The van der Waals surface area contributed by atoms with Gasteiger partial charge in [-0.2, -0.15) is 5.10 Å². The lowest BCUT2D eigenvalue weighted by molar-refractivity contribution is 0.215. The molecule has 0 bridgehead atoms. The molecular formula is C23H20N4O3. The van der Waals surface area contributed by atoms with Crippen LogP contribution in [0.15, 0.2) is 83.8 Å². The lowest BCUT2D eigenvalue weighted by Gasteiger charge is -2.10. The molecule has 7 heteroatoms. The second-order valence-electron chi connectivity index (χ2n) is 6.76. The van der Waals surface area contributed by atoms with Crippen LogP contribution in [-0.4, -0.2) is 20.4 Å². The Hall–Kier alpha value is -4.13. The van der Waals surface area contributed by atoms with Crippen LogP contribution in [-0.2, 0) is 7.05 Å². The van der Waals surface area contributed by atoms with Crippen LogP contribution in [0.5, 0.6) is 5.75 Å². The summed E-state index contributed by atoms with van der Waals surface area (Å²) in [6.07, 6.45) is 1.10. The van der Waals surface area contributed by atoms with E-state index >= 15 is 0 Å². The molecular weight excluding hydrogens is 380 g/mol. The molecule has 0 atom stereocenters. The molecule has 0 unspecified atom stereocenters. The molecule has 1 N–H and O–H groups in total. The van der Waals surface area contributed by atoms with Crippen LogP contribution in [0.3, 0.4) is 0 Å². The first kappa shape index (κ1) is 19.2. The van der Waals surface area contributed by atoms with Crippen molar-refractivity contribution in [2.75, 3.05) is 5.32 Å². The zero-order valence-corrected chi connectivity index (χ0v) is 16.6. The van der Waals surface area contributed by atoms with Gasteiger partial charge in [0.25, 0.3) is 0 Å². The Kier molecular flexibility index (Phi) is 5.17. The lowest BCUT2D eigenvalue weighted by atomic mass is 10.1. The monoisotopic (exact) mass is 400 g/mol. The molecule has 2 aromatic carbocycles. The van der Waals surface area contributed by atoms with Crippen LogP contribution in [0.1, 0.15) is 5.56 Å². The molecule has 2 aromatic heterocycles. The van der Waals surface area contributed by atoms with Crippen molar-refractivity contribution in [3.8, 4) is 22.7 Å². The second kappa shape index (κ2) is 8.08. The maximum Gasteiger partial charge on any atom is 0.418 e. The van der Waals surface area contributed by atoms with Crippen LogP contribution >= 0.6 is 0 Å². The highest BCUT2D eigenvalue weighted by molar-refractivity contribution is 5.88. The number of amides is 1. The molecule has 4 rings (SSSR count). The highest BCUT2D eigenvalue weighted by Crippen LogP contribution is 2.30. The molecule has 30 heavy (non-hydrogen) atoms. The summed E-state index contributed by atoms with van der Waals surface area (Å²) in [6, 6.07) is 21.5. The van der Waals surface area contributed by atoms with E-state index in [1.165, 1.54) is 10.6 Å². The van der Waals surface area contributed by atoms with Gasteiger partial charge in [-0.1, -0.05) is 36.4 Å². The SMILES string of the molecule is Cc1c(-c2ccc(=O)n(C)c2)nn(-c2ccccc2)c1NC(=O)Oc1ccccc1. The fourth-order valence-corrected chi connectivity index (χ4v) is 3.12. The highest BCUT2D eigenvalue weighted by atomic mass is 16.6. The predicted octanol–water partition coefficient (Wildman–Crippen LogP) is 4.16. The Morgan fingerprint density at radius 2 is 1.63 bits per heavy atom. The van der Waals surface area contributed by atoms with E-state index in [1.54, 1.807) is 48.3 Å². The normalized spacial score (nSPS) is 10.6. The smallest absolute Gasteiger partial charge is 0.410 e. The standard InChI is InChI=1S/C23H20N4O3/c1-16-21(17-13-14-20(28)26(2)15-17)25-27(18-9-5-3-6-10-18)22(16)24-23(29)30-19-11-7-4-8-12-19/h3-15H,1-2H3,(H,24,29). The van der Waals surface area contributed by atoms with Gasteiger partial charge in [-0.05, 0) is 37.3 Å². The summed E-state index contributed by atoms with van der Waals surface area (Å²) in [5.41, 5.74) is 2.85. The van der Waals surface area contributed by atoms with Crippen molar-refractivity contribution >= 4 is 11.9 Å². The Balaban J connectivity index is 1.75. The predicted molar refractivity (Wildman–Crippen MR) is 115 cm³/mol. The van der Waals surface area contributed by atoms with E-state index in [-0.39, 0.29) is 5.56 Å².